The van der Waals surface area contributed by atoms with Crippen molar-refractivity contribution in [1.29, 1.82) is 0 Å². The van der Waals surface area contributed by atoms with Gasteiger partial charge in [0, 0.05) is 5.56 Å². The summed E-state index contributed by atoms with van der Waals surface area (Å²) in [6.07, 6.45) is 3.65. The molecule has 0 radical (unpaired) electrons. The Labute approximate surface area is 276 Å². The molecule has 0 unspecified atom stereocenters. The van der Waals surface area contributed by atoms with Crippen molar-refractivity contribution >= 4 is 33.9 Å². The molecule has 232 valence electrons. The van der Waals surface area contributed by atoms with Crippen molar-refractivity contribution in [1.82, 2.24) is 4.57 Å². The normalized spacial score (nSPS) is 15.4. The van der Waals surface area contributed by atoms with E-state index >= 15 is 0 Å². The van der Waals surface area contributed by atoms with Crippen LogP contribution in [0.1, 0.15) is 40.3 Å². The van der Waals surface area contributed by atoms with E-state index in [9.17, 15) is 4.79 Å². The van der Waals surface area contributed by atoms with Gasteiger partial charge >= 0.3 is 0 Å². The van der Waals surface area contributed by atoms with Crippen LogP contribution in [0.2, 0.25) is 0 Å². The van der Waals surface area contributed by atoms with E-state index in [2.05, 4.69) is 54.6 Å². The van der Waals surface area contributed by atoms with Crippen LogP contribution in [0, 0.1) is 0 Å². The Hall–Kier alpha value is -5.40. The Kier molecular flexibility index (Phi) is 7.46. The van der Waals surface area contributed by atoms with Gasteiger partial charge in [-0.1, -0.05) is 96.3 Å². The number of benzene rings is 5. The fourth-order valence-corrected chi connectivity index (χ4v) is 7.77. The third kappa shape index (κ3) is 5.22. The molecular weight excluding hydrogens is 605 g/mol. The van der Waals surface area contributed by atoms with Gasteiger partial charge in [-0.2, -0.15) is 0 Å². The first-order valence-electron chi connectivity index (χ1n) is 15.7. The van der Waals surface area contributed by atoms with Crippen LogP contribution >= 0.6 is 11.3 Å². The van der Waals surface area contributed by atoms with E-state index in [0.29, 0.717) is 27.4 Å². The number of hydrogen-bond acceptors (Lipinski definition) is 6. The zero-order chi connectivity index (χ0) is 31.9. The molecule has 7 heteroatoms. The molecule has 6 nitrogen and oxygen atoms in total. The van der Waals surface area contributed by atoms with E-state index in [0.717, 1.165) is 52.1 Å². The topological polar surface area (TPSA) is 62.0 Å². The van der Waals surface area contributed by atoms with Gasteiger partial charge in [0.25, 0.3) is 5.56 Å². The van der Waals surface area contributed by atoms with Crippen LogP contribution in [0.5, 0.6) is 17.2 Å². The van der Waals surface area contributed by atoms with Gasteiger partial charge < -0.3 is 14.2 Å². The molecule has 1 aliphatic carbocycles. The van der Waals surface area contributed by atoms with E-state index in [1.54, 1.807) is 14.2 Å². The highest BCUT2D eigenvalue weighted by atomic mass is 32.1. The van der Waals surface area contributed by atoms with Crippen molar-refractivity contribution in [3.63, 3.8) is 0 Å². The van der Waals surface area contributed by atoms with Gasteiger partial charge in [-0.3, -0.25) is 9.36 Å². The van der Waals surface area contributed by atoms with Crippen molar-refractivity contribution in [3.05, 3.63) is 162 Å². The average molecular weight is 637 g/mol. The Balaban J connectivity index is 1.20. The summed E-state index contributed by atoms with van der Waals surface area (Å²) in [5.41, 5.74) is 7.42. The van der Waals surface area contributed by atoms with Crippen LogP contribution in [0.15, 0.2) is 125 Å². The van der Waals surface area contributed by atoms with Crippen LogP contribution in [-0.2, 0) is 13.0 Å². The van der Waals surface area contributed by atoms with Crippen LogP contribution in [-0.4, -0.2) is 18.8 Å². The van der Waals surface area contributed by atoms with Crippen LogP contribution in [0.4, 0.5) is 0 Å². The first kappa shape index (κ1) is 29.0. The summed E-state index contributed by atoms with van der Waals surface area (Å²) in [7, 11) is 3.26. The Morgan fingerprint density at radius 2 is 1.66 bits per heavy atom. The Morgan fingerprint density at radius 1 is 0.851 bits per heavy atom. The van der Waals surface area contributed by atoms with E-state index in [4.69, 9.17) is 19.2 Å². The molecule has 8 rings (SSSR count). The quantitative estimate of drug-likeness (QED) is 0.188. The second kappa shape index (κ2) is 12.1. The molecule has 0 N–H and O–H groups in total. The average Bonchev–Trinajstić information content (AvgIpc) is 3.43. The van der Waals surface area contributed by atoms with Crippen LogP contribution < -0.4 is 29.1 Å². The van der Waals surface area contributed by atoms with E-state index in [-0.39, 0.29) is 11.6 Å². The lowest BCUT2D eigenvalue weighted by molar-refractivity contribution is 0.307. The zero-order valence-corrected chi connectivity index (χ0v) is 26.9. The van der Waals surface area contributed by atoms with Crippen LogP contribution in [0.3, 0.4) is 0 Å². The van der Waals surface area contributed by atoms with E-state index in [1.807, 2.05) is 65.2 Å². The highest BCUT2D eigenvalue weighted by Gasteiger charge is 2.33. The minimum Gasteiger partial charge on any atom is -0.493 e. The summed E-state index contributed by atoms with van der Waals surface area (Å²) < 4.78 is 19.9. The lowest BCUT2D eigenvalue weighted by Gasteiger charge is -2.31. The van der Waals surface area contributed by atoms with Crippen molar-refractivity contribution in [2.45, 2.75) is 25.5 Å². The van der Waals surface area contributed by atoms with Gasteiger partial charge in [0.2, 0.25) is 0 Å². The number of thiazole rings is 1. The largest absolute Gasteiger partial charge is 0.493 e. The number of aromatic nitrogens is 1. The molecule has 1 atom stereocenters. The number of rotatable bonds is 7. The smallest absolute Gasteiger partial charge is 0.271 e. The molecule has 1 aromatic heterocycles. The Bertz CT molecular complexity index is 2380. The van der Waals surface area contributed by atoms with Crippen molar-refractivity contribution in [3.8, 4) is 17.2 Å². The number of aryl methyl sites for hydroxylation is 1. The van der Waals surface area contributed by atoms with E-state index < -0.39 is 0 Å². The van der Waals surface area contributed by atoms with E-state index in [1.165, 1.54) is 27.7 Å². The standard InChI is InChI=1S/C40H32N2O4S/c1-44-34-20-18-28(23-35(34)45-2)38-33-19-17-27-11-4-6-16-32(27)37(33)41-40-42(38)39(43)36(47-40)22-25-9-7-14-30(21-25)46-24-29-13-8-12-26-10-3-5-15-31(26)29/h3-16,18,20-23,38H,17,19,24H2,1-2H3/b36-22-/t38-/m1/s1. The van der Waals surface area contributed by atoms with Gasteiger partial charge in [-0.15, -0.1) is 0 Å². The fraction of sp³-hybridized carbons (Fsp3) is 0.150. The van der Waals surface area contributed by atoms with Crippen LogP contribution in [0.25, 0.3) is 22.5 Å². The maximum absolute atomic E-state index is 14.3. The number of ether oxygens (including phenoxy) is 3. The number of methoxy groups -OCH3 is 2. The number of allylic oxidation sites excluding steroid dienone is 1. The zero-order valence-electron chi connectivity index (χ0n) is 26.1. The predicted octanol–water partition coefficient (Wildman–Crippen LogP) is 7.07. The van der Waals surface area contributed by atoms with Crippen molar-refractivity contribution in [2.75, 3.05) is 14.2 Å². The van der Waals surface area contributed by atoms with Gasteiger partial charge in [0.1, 0.15) is 12.4 Å². The molecule has 0 saturated heterocycles. The number of nitrogens with zero attached hydrogens (tertiary/aromatic N) is 2. The van der Waals surface area contributed by atoms with Crippen molar-refractivity contribution < 1.29 is 14.2 Å². The molecule has 0 amide bonds. The summed E-state index contributed by atoms with van der Waals surface area (Å²) in [5, 5.41) is 2.37. The molecule has 2 aliphatic rings. The highest BCUT2D eigenvalue weighted by Crippen LogP contribution is 2.42. The number of hydrogen-bond donors (Lipinski definition) is 0. The van der Waals surface area contributed by atoms with Crippen molar-refractivity contribution in [2.24, 2.45) is 4.99 Å². The fourth-order valence-electron chi connectivity index (χ4n) is 6.77. The first-order valence-corrected chi connectivity index (χ1v) is 16.5. The monoisotopic (exact) mass is 636 g/mol. The minimum absolute atomic E-state index is 0.0685. The molecule has 1 aliphatic heterocycles. The molecule has 0 bridgehead atoms. The third-order valence-electron chi connectivity index (χ3n) is 9.03. The van der Waals surface area contributed by atoms with Gasteiger partial charge in [0.15, 0.2) is 16.3 Å². The molecule has 0 saturated carbocycles. The SMILES string of the molecule is COc1ccc([C@@H]2C3=C(N=c4s/c(=C\c5cccc(OCc6cccc7ccccc67)c5)c(=O)n42)c2ccccc2CC3)cc1OC. The highest BCUT2D eigenvalue weighted by molar-refractivity contribution is 7.07. The summed E-state index contributed by atoms with van der Waals surface area (Å²) in [5.74, 6) is 2.02. The molecule has 47 heavy (non-hydrogen) atoms. The van der Waals surface area contributed by atoms with Gasteiger partial charge in [0.05, 0.1) is 30.5 Å². The molecule has 6 aromatic rings. The lowest BCUT2D eigenvalue weighted by Crippen LogP contribution is -2.38. The maximum atomic E-state index is 14.3. The predicted molar refractivity (Wildman–Crippen MR) is 187 cm³/mol. The molecule has 5 aromatic carbocycles. The van der Waals surface area contributed by atoms with Gasteiger partial charge in [-0.05, 0) is 81.8 Å². The molecule has 0 spiro atoms. The molecule has 0 fully saturated rings. The second-order valence-electron chi connectivity index (χ2n) is 11.7. The summed E-state index contributed by atoms with van der Waals surface area (Å²) in [4.78, 5) is 20.1. The summed E-state index contributed by atoms with van der Waals surface area (Å²) >= 11 is 1.42. The maximum Gasteiger partial charge on any atom is 0.271 e. The summed E-state index contributed by atoms with van der Waals surface area (Å²) in [6.45, 7) is 0.450. The summed E-state index contributed by atoms with van der Waals surface area (Å²) in [6, 6.07) is 36.5. The molecular formula is C40H32N2O4S. The first-order chi connectivity index (χ1) is 23.1. The Morgan fingerprint density at radius 3 is 2.55 bits per heavy atom. The van der Waals surface area contributed by atoms with Gasteiger partial charge in [-0.25, -0.2) is 4.99 Å². The number of fused-ring (bicyclic) bond motifs is 4. The lowest BCUT2D eigenvalue weighted by atomic mass is 9.83. The third-order valence-corrected chi connectivity index (χ3v) is 10.0. The second-order valence-corrected chi connectivity index (χ2v) is 12.7. The minimum atomic E-state index is -0.313. The molecule has 2 heterocycles.